The molecule has 33 heavy (non-hydrogen) atoms. The van der Waals surface area contributed by atoms with E-state index in [1.807, 2.05) is 13.8 Å². The number of fused-ring (bicyclic) bond motifs is 1. The molecular formula is C22H19N5O6. The molecule has 4 aromatic rings. The normalized spacial score (nSPS) is 11.1. The lowest BCUT2D eigenvalue weighted by molar-refractivity contribution is -0.385. The molecular weight excluding hydrogens is 430 g/mol. The second-order valence-corrected chi connectivity index (χ2v) is 7.49. The summed E-state index contributed by atoms with van der Waals surface area (Å²) in [6.07, 6.45) is 3.02. The van der Waals surface area contributed by atoms with Crippen molar-refractivity contribution in [3.05, 3.63) is 75.7 Å². The molecule has 0 spiro atoms. The van der Waals surface area contributed by atoms with Crippen LogP contribution in [0.25, 0.3) is 22.5 Å². The average molecular weight is 449 g/mol. The van der Waals surface area contributed by atoms with Gasteiger partial charge in [0.15, 0.2) is 11.4 Å². The van der Waals surface area contributed by atoms with E-state index in [0.717, 1.165) is 6.07 Å². The number of aromatic nitrogens is 3. The Balaban J connectivity index is 1.70. The van der Waals surface area contributed by atoms with Gasteiger partial charge in [-0.2, -0.15) is 5.10 Å². The van der Waals surface area contributed by atoms with E-state index in [1.54, 1.807) is 16.8 Å². The third kappa shape index (κ3) is 4.15. The molecule has 2 N–H and O–H groups in total. The van der Waals surface area contributed by atoms with Crippen LogP contribution in [0.3, 0.4) is 0 Å². The van der Waals surface area contributed by atoms with Crippen LogP contribution in [0.2, 0.25) is 0 Å². The number of rotatable bonds is 7. The second kappa shape index (κ2) is 8.54. The van der Waals surface area contributed by atoms with Crippen molar-refractivity contribution < 1.29 is 23.7 Å². The van der Waals surface area contributed by atoms with Gasteiger partial charge >= 0.3 is 5.97 Å². The van der Waals surface area contributed by atoms with E-state index in [4.69, 9.17) is 14.9 Å². The number of furan rings is 1. The van der Waals surface area contributed by atoms with Crippen LogP contribution in [0.5, 0.6) is 0 Å². The van der Waals surface area contributed by atoms with Crippen molar-refractivity contribution in [1.29, 1.82) is 0 Å². The van der Waals surface area contributed by atoms with E-state index in [2.05, 4.69) is 10.1 Å². The molecule has 0 saturated carbocycles. The number of esters is 1. The van der Waals surface area contributed by atoms with Gasteiger partial charge < -0.3 is 14.9 Å². The topological polar surface area (TPSA) is 156 Å². The number of nitrogens with zero attached hydrogens (tertiary/aromatic N) is 4. The van der Waals surface area contributed by atoms with Crippen molar-refractivity contribution in [1.82, 2.24) is 14.8 Å². The SMILES string of the molecule is CC(C)n1ncc2c(C(=O)OCc3ccc(C(N)=O)cc3[N+](=O)[O-])cc(-c3ccco3)nc21. The van der Waals surface area contributed by atoms with Crippen LogP contribution in [0.4, 0.5) is 5.69 Å². The summed E-state index contributed by atoms with van der Waals surface area (Å²) in [5.74, 6) is -1.06. The summed E-state index contributed by atoms with van der Waals surface area (Å²) in [7, 11) is 0. The molecule has 168 valence electrons. The number of ether oxygens (including phenoxy) is 1. The Morgan fingerprint density at radius 2 is 2.06 bits per heavy atom. The van der Waals surface area contributed by atoms with Crippen molar-refractivity contribution >= 4 is 28.6 Å². The minimum atomic E-state index is -0.798. The van der Waals surface area contributed by atoms with Crippen LogP contribution in [0, 0.1) is 10.1 Å². The molecule has 0 atom stereocenters. The standard InChI is InChI=1S/C22H19N5O6/c1-12(2)26-21-16(10-24-26)15(9-17(25-21)19-4-3-7-32-19)22(29)33-11-14-6-5-13(20(23)28)8-18(14)27(30)31/h3-10,12H,11H2,1-2H3,(H2,23,28). The molecule has 11 heteroatoms. The number of primary amides is 1. The number of hydrogen-bond acceptors (Lipinski definition) is 8. The van der Waals surface area contributed by atoms with Gasteiger partial charge in [-0.3, -0.25) is 14.9 Å². The molecule has 0 bridgehead atoms. The van der Waals surface area contributed by atoms with E-state index in [-0.39, 0.29) is 35.0 Å². The number of pyridine rings is 1. The number of carbonyl (C=O) groups excluding carboxylic acids is 2. The summed E-state index contributed by atoms with van der Waals surface area (Å²) >= 11 is 0. The van der Waals surface area contributed by atoms with E-state index in [1.165, 1.54) is 30.7 Å². The maximum Gasteiger partial charge on any atom is 0.339 e. The molecule has 0 unspecified atom stereocenters. The molecule has 0 fully saturated rings. The van der Waals surface area contributed by atoms with Gasteiger partial charge in [-0.25, -0.2) is 14.5 Å². The fraction of sp³-hybridized carbons (Fsp3) is 0.182. The van der Waals surface area contributed by atoms with Crippen molar-refractivity contribution in [2.75, 3.05) is 0 Å². The lowest BCUT2D eigenvalue weighted by Crippen LogP contribution is -2.12. The number of nitro groups is 1. The van der Waals surface area contributed by atoms with Gasteiger partial charge in [0.1, 0.15) is 12.3 Å². The van der Waals surface area contributed by atoms with Crippen LogP contribution >= 0.6 is 0 Å². The Morgan fingerprint density at radius 1 is 1.27 bits per heavy atom. The first-order valence-corrected chi connectivity index (χ1v) is 9.92. The highest BCUT2D eigenvalue weighted by Gasteiger charge is 2.22. The maximum absolute atomic E-state index is 13.0. The van der Waals surface area contributed by atoms with Crippen molar-refractivity contribution in [3.63, 3.8) is 0 Å². The van der Waals surface area contributed by atoms with Crippen molar-refractivity contribution in [2.24, 2.45) is 5.73 Å². The number of carbonyl (C=O) groups is 2. The molecule has 0 aliphatic rings. The van der Waals surface area contributed by atoms with E-state index < -0.39 is 16.8 Å². The fourth-order valence-electron chi connectivity index (χ4n) is 3.35. The Morgan fingerprint density at radius 3 is 2.70 bits per heavy atom. The zero-order chi connectivity index (χ0) is 23.7. The summed E-state index contributed by atoms with van der Waals surface area (Å²) in [6.45, 7) is 3.48. The highest BCUT2D eigenvalue weighted by atomic mass is 16.6. The van der Waals surface area contributed by atoms with Crippen LogP contribution < -0.4 is 5.73 Å². The number of hydrogen-bond donors (Lipinski definition) is 1. The highest BCUT2D eigenvalue weighted by Crippen LogP contribution is 2.28. The molecule has 1 aromatic carbocycles. The number of benzene rings is 1. The summed E-state index contributed by atoms with van der Waals surface area (Å²) in [4.78, 5) is 39.7. The summed E-state index contributed by atoms with van der Waals surface area (Å²) in [5, 5.41) is 16.2. The Hall–Kier alpha value is -4.54. The van der Waals surface area contributed by atoms with Gasteiger partial charge in [-0.15, -0.1) is 0 Å². The first-order chi connectivity index (χ1) is 15.8. The number of amides is 1. The quantitative estimate of drug-likeness (QED) is 0.254. The molecule has 4 rings (SSSR count). The minimum absolute atomic E-state index is 0.0165. The summed E-state index contributed by atoms with van der Waals surface area (Å²) in [5.41, 5.74) is 6.00. The Labute approximate surface area is 186 Å². The van der Waals surface area contributed by atoms with Crippen LogP contribution in [0.15, 0.2) is 53.3 Å². The average Bonchev–Trinajstić information content (AvgIpc) is 3.46. The van der Waals surface area contributed by atoms with Gasteiger partial charge in [0.25, 0.3) is 5.69 Å². The maximum atomic E-state index is 13.0. The van der Waals surface area contributed by atoms with Gasteiger partial charge in [0.05, 0.1) is 33.9 Å². The van der Waals surface area contributed by atoms with Gasteiger partial charge in [-0.1, -0.05) is 0 Å². The number of nitrogens with two attached hydrogens (primary N) is 1. The van der Waals surface area contributed by atoms with Crippen LogP contribution in [-0.4, -0.2) is 31.6 Å². The van der Waals surface area contributed by atoms with Crippen molar-refractivity contribution in [2.45, 2.75) is 26.5 Å². The molecule has 1 amide bonds. The predicted molar refractivity (Wildman–Crippen MR) is 116 cm³/mol. The van der Waals surface area contributed by atoms with Gasteiger partial charge in [-0.05, 0) is 44.2 Å². The number of nitro benzene ring substituents is 1. The third-order valence-corrected chi connectivity index (χ3v) is 4.97. The summed E-state index contributed by atoms with van der Waals surface area (Å²) in [6, 6.07) is 8.65. The van der Waals surface area contributed by atoms with E-state index >= 15 is 0 Å². The molecule has 3 aromatic heterocycles. The molecule has 0 aliphatic carbocycles. The van der Waals surface area contributed by atoms with E-state index in [9.17, 15) is 19.7 Å². The first-order valence-electron chi connectivity index (χ1n) is 9.92. The van der Waals surface area contributed by atoms with Crippen molar-refractivity contribution in [3.8, 4) is 11.5 Å². The molecule has 0 aliphatic heterocycles. The van der Waals surface area contributed by atoms with Gasteiger partial charge in [0.2, 0.25) is 5.91 Å². The lowest BCUT2D eigenvalue weighted by atomic mass is 10.1. The Bertz CT molecular complexity index is 1370. The van der Waals surface area contributed by atoms with Crippen LogP contribution in [0.1, 0.15) is 46.2 Å². The molecule has 3 heterocycles. The summed E-state index contributed by atoms with van der Waals surface area (Å²) < 4.78 is 12.5. The molecule has 0 saturated heterocycles. The Kier molecular flexibility index (Phi) is 5.61. The zero-order valence-corrected chi connectivity index (χ0v) is 17.7. The largest absolute Gasteiger partial charge is 0.463 e. The minimum Gasteiger partial charge on any atom is -0.463 e. The second-order valence-electron chi connectivity index (χ2n) is 7.49. The first kappa shape index (κ1) is 21.7. The highest BCUT2D eigenvalue weighted by molar-refractivity contribution is 6.03. The predicted octanol–water partition coefficient (Wildman–Crippen LogP) is 3.64. The monoisotopic (exact) mass is 449 g/mol. The lowest BCUT2D eigenvalue weighted by Gasteiger charge is -2.10. The fourth-order valence-corrected chi connectivity index (χ4v) is 3.35. The van der Waals surface area contributed by atoms with Gasteiger partial charge in [0, 0.05) is 17.7 Å². The molecule has 0 radical (unpaired) electrons. The zero-order valence-electron chi connectivity index (χ0n) is 17.7. The van der Waals surface area contributed by atoms with E-state index in [0.29, 0.717) is 22.5 Å². The smallest absolute Gasteiger partial charge is 0.339 e. The molecule has 11 nitrogen and oxygen atoms in total. The third-order valence-electron chi connectivity index (χ3n) is 4.97. The van der Waals surface area contributed by atoms with Crippen LogP contribution in [-0.2, 0) is 11.3 Å².